The molecule has 0 saturated carbocycles. The summed E-state index contributed by atoms with van der Waals surface area (Å²) >= 11 is 0. The van der Waals surface area contributed by atoms with Gasteiger partial charge in [-0.25, -0.2) is 0 Å². The van der Waals surface area contributed by atoms with Crippen molar-refractivity contribution in [2.45, 2.75) is 51.5 Å². The maximum absolute atomic E-state index is 12.5. The van der Waals surface area contributed by atoms with Crippen LogP contribution in [0.1, 0.15) is 50.5 Å². The number of hydrogen-bond donors (Lipinski definition) is 0. The lowest BCUT2D eigenvalue weighted by Gasteiger charge is -2.48. The third kappa shape index (κ3) is 4.57. The molecule has 1 aromatic rings. The number of rotatable bonds is 5. The van der Waals surface area contributed by atoms with Crippen molar-refractivity contribution in [3.8, 4) is 0 Å². The normalized spacial score (nSPS) is 26.2. The highest BCUT2D eigenvalue weighted by Crippen LogP contribution is 2.39. The van der Waals surface area contributed by atoms with Gasteiger partial charge in [-0.05, 0) is 44.2 Å². The van der Waals surface area contributed by atoms with E-state index in [0.29, 0.717) is 18.7 Å². The van der Waals surface area contributed by atoms with Crippen molar-refractivity contribution in [2.75, 3.05) is 39.3 Å². The minimum atomic E-state index is 0.206. The molecule has 3 heterocycles. The zero-order chi connectivity index (χ0) is 19.4. The minimum Gasteiger partial charge on any atom is -0.343 e. The standard InChI is InChI=1S/C23H33N3O2/c27-21-9-12-23(19-26(21)17-20-7-2-1-3-8-20)11-6-13-24(18-23)16-10-22(28)25-14-4-5-15-25/h1-3,7-8H,4-6,9-19H2. The fourth-order valence-corrected chi connectivity index (χ4v) is 5.26. The summed E-state index contributed by atoms with van der Waals surface area (Å²) in [6.07, 6.45) is 6.98. The van der Waals surface area contributed by atoms with Crippen molar-refractivity contribution in [1.29, 1.82) is 0 Å². The Morgan fingerprint density at radius 2 is 1.75 bits per heavy atom. The first kappa shape index (κ1) is 19.4. The van der Waals surface area contributed by atoms with Crippen molar-refractivity contribution in [3.05, 3.63) is 35.9 Å². The summed E-state index contributed by atoms with van der Waals surface area (Å²) in [5.41, 5.74) is 1.41. The molecule has 152 valence electrons. The number of carbonyl (C=O) groups is 2. The van der Waals surface area contributed by atoms with E-state index < -0.39 is 0 Å². The molecule has 3 aliphatic heterocycles. The average Bonchev–Trinajstić information content (AvgIpc) is 3.25. The van der Waals surface area contributed by atoms with Gasteiger partial charge < -0.3 is 14.7 Å². The van der Waals surface area contributed by atoms with Crippen molar-refractivity contribution in [2.24, 2.45) is 5.41 Å². The van der Waals surface area contributed by atoms with Crippen molar-refractivity contribution >= 4 is 11.8 Å². The second-order valence-corrected chi connectivity index (χ2v) is 8.95. The molecule has 1 aromatic carbocycles. The molecule has 0 aromatic heterocycles. The number of hydrogen-bond acceptors (Lipinski definition) is 3. The van der Waals surface area contributed by atoms with Gasteiger partial charge in [-0.3, -0.25) is 9.59 Å². The first-order valence-electron chi connectivity index (χ1n) is 11.0. The van der Waals surface area contributed by atoms with Gasteiger partial charge in [-0.1, -0.05) is 30.3 Å². The molecule has 2 amide bonds. The predicted octanol–water partition coefficient (Wildman–Crippen LogP) is 2.90. The molecular weight excluding hydrogens is 350 g/mol. The van der Waals surface area contributed by atoms with Crippen LogP contribution in [-0.2, 0) is 16.1 Å². The molecule has 5 nitrogen and oxygen atoms in total. The predicted molar refractivity (Wildman–Crippen MR) is 110 cm³/mol. The quantitative estimate of drug-likeness (QED) is 0.785. The third-order valence-electron chi connectivity index (χ3n) is 6.81. The Morgan fingerprint density at radius 3 is 2.54 bits per heavy atom. The first-order valence-corrected chi connectivity index (χ1v) is 11.0. The van der Waals surface area contributed by atoms with Crippen LogP contribution in [0.2, 0.25) is 0 Å². The first-order chi connectivity index (χ1) is 13.6. The zero-order valence-electron chi connectivity index (χ0n) is 16.9. The SMILES string of the molecule is O=C(CCN1CCCC2(CCC(=O)N(Cc3ccccc3)C2)C1)N1CCCC1. The maximum Gasteiger partial charge on any atom is 0.223 e. The van der Waals surface area contributed by atoms with Crippen LogP contribution >= 0.6 is 0 Å². The van der Waals surface area contributed by atoms with Gasteiger partial charge in [-0.2, -0.15) is 0 Å². The largest absolute Gasteiger partial charge is 0.343 e. The maximum atomic E-state index is 12.5. The molecule has 0 N–H and O–H groups in total. The van der Waals surface area contributed by atoms with E-state index in [0.717, 1.165) is 65.1 Å². The second-order valence-electron chi connectivity index (χ2n) is 8.95. The molecule has 1 unspecified atom stereocenters. The smallest absolute Gasteiger partial charge is 0.223 e. The van der Waals surface area contributed by atoms with Crippen LogP contribution in [0.3, 0.4) is 0 Å². The lowest BCUT2D eigenvalue weighted by atomic mass is 9.73. The molecule has 3 aliphatic rings. The van der Waals surface area contributed by atoms with E-state index in [1.54, 1.807) is 0 Å². The van der Waals surface area contributed by atoms with Crippen molar-refractivity contribution < 1.29 is 9.59 Å². The molecule has 0 aliphatic carbocycles. The monoisotopic (exact) mass is 383 g/mol. The van der Waals surface area contributed by atoms with Crippen LogP contribution in [0.5, 0.6) is 0 Å². The van der Waals surface area contributed by atoms with Gasteiger partial charge in [0.15, 0.2) is 0 Å². The number of amides is 2. The summed E-state index contributed by atoms with van der Waals surface area (Å²) in [5, 5.41) is 0. The van der Waals surface area contributed by atoms with Crippen LogP contribution in [-0.4, -0.2) is 65.8 Å². The van der Waals surface area contributed by atoms with Gasteiger partial charge in [-0.15, -0.1) is 0 Å². The third-order valence-corrected chi connectivity index (χ3v) is 6.81. The van der Waals surface area contributed by atoms with E-state index in [2.05, 4.69) is 21.9 Å². The highest BCUT2D eigenvalue weighted by Gasteiger charge is 2.41. The molecule has 1 spiro atoms. The molecule has 0 bridgehead atoms. The molecule has 3 fully saturated rings. The van der Waals surface area contributed by atoms with Gasteiger partial charge in [0.2, 0.25) is 11.8 Å². The Bertz CT molecular complexity index is 686. The number of carbonyl (C=O) groups excluding carboxylic acids is 2. The Balaban J connectivity index is 1.34. The van der Waals surface area contributed by atoms with E-state index >= 15 is 0 Å². The van der Waals surface area contributed by atoms with Gasteiger partial charge in [0.05, 0.1) is 0 Å². The van der Waals surface area contributed by atoms with Gasteiger partial charge >= 0.3 is 0 Å². The highest BCUT2D eigenvalue weighted by atomic mass is 16.2. The Hall–Kier alpha value is -1.88. The van der Waals surface area contributed by atoms with Crippen molar-refractivity contribution in [1.82, 2.24) is 14.7 Å². The molecule has 1 atom stereocenters. The highest BCUT2D eigenvalue weighted by molar-refractivity contribution is 5.77. The fraction of sp³-hybridized carbons (Fsp3) is 0.652. The Kier molecular flexibility index (Phi) is 6.00. The lowest BCUT2D eigenvalue weighted by molar-refractivity contribution is -0.140. The van der Waals surface area contributed by atoms with E-state index in [9.17, 15) is 9.59 Å². The summed E-state index contributed by atoms with van der Waals surface area (Å²) in [6.45, 7) is 6.44. The second kappa shape index (κ2) is 8.64. The summed E-state index contributed by atoms with van der Waals surface area (Å²) in [4.78, 5) is 31.5. The molecule has 4 rings (SSSR count). The van der Waals surface area contributed by atoms with E-state index in [1.165, 1.54) is 18.4 Å². The average molecular weight is 384 g/mol. The number of piperidine rings is 2. The number of nitrogens with zero attached hydrogens (tertiary/aromatic N) is 3. The van der Waals surface area contributed by atoms with Crippen LogP contribution in [0, 0.1) is 5.41 Å². The van der Waals surface area contributed by atoms with E-state index in [1.807, 2.05) is 23.1 Å². The van der Waals surface area contributed by atoms with Crippen LogP contribution in [0.4, 0.5) is 0 Å². The van der Waals surface area contributed by atoms with Gasteiger partial charge in [0.25, 0.3) is 0 Å². The summed E-state index contributed by atoms with van der Waals surface area (Å²) in [6, 6.07) is 10.3. The minimum absolute atomic E-state index is 0.206. The van der Waals surface area contributed by atoms with Crippen LogP contribution in [0.25, 0.3) is 0 Å². The van der Waals surface area contributed by atoms with Gasteiger partial charge in [0.1, 0.15) is 0 Å². The molecule has 28 heavy (non-hydrogen) atoms. The van der Waals surface area contributed by atoms with E-state index in [-0.39, 0.29) is 11.3 Å². The van der Waals surface area contributed by atoms with Crippen molar-refractivity contribution in [3.63, 3.8) is 0 Å². The Morgan fingerprint density at radius 1 is 0.964 bits per heavy atom. The summed E-state index contributed by atoms with van der Waals surface area (Å²) in [7, 11) is 0. The van der Waals surface area contributed by atoms with Gasteiger partial charge in [0, 0.05) is 57.5 Å². The molecular formula is C23H33N3O2. The molecule has 5 heteroatoms. The molecule has 0 radical (unpaired) electrons. The summed E-state index contributed by atoms with van der Waals surface area (Å²) in [5.74, 6) is 0.609. The topological polar surface area (TPSA) is 43.9 Å². The number of benzene rings is 1. The Labute approximate surface area is 168 Å². The lowest BCUT2D eigenvalue weighted by Crippen LogP contribution is -2.54. The zero-order valence-corrected chi connectivity index (χ0v) is 16.9. The fourth-order valence-electron chi connectivity index (χ4n) is 5.26. The van der Waals surface area contributed by atoms with E-state index in [4.69, 9.17) is 0 Å². The van der Waals surface area contributed by atoms with Crippen LogP contribution in [0.15, 0.2) is 30.3 Å². The van der Waals surface area contributed by atoms with Crippen LogP contribution < -0.4 is 0 Å². The summed E-state index contributed by atoms with van der Waals surface area (Å²) < 4.78 is 0. The number of likely N-dealkylation sites (tertiary alicyclic amines) is 3. The molecule has 3 saturated heterocycles.